The fourth-order valence-electron chi connectivity index (χ4n) is 1.68. The summed E-state index contributed by atoms with van der Waals surface area (Å²) in [6, 6.07) is 0. The zero-order valence-electron chi connectivity index (χ0n) is 10.7. The van der Waals surface area contributed by atoms with Crippen molar-refractivity contribution in [3.63, 3.8) is 0 Å². The molecule has 94 valence electrons. The third-order valence-electron chi connectivity index (χ3n) is 2.88. The number of ether oxygens (including phenoxy) is 1. The minimum absolute atomic E-state index is 0.112. The van der Waals surface area contributed by atoms with Crippen LogP contribution in [-0.2, 0) is 9.53 Å². The van der Waals surface area contributed by atoms with Gasteiger partial charge >= 0.3 is 5.97 Å². The highest BCUT2D eigenvalue weighted by Crippen LogP contribution is 2.10. The van der Waals surface area contributed by atoms with Crippen molar-refractivity contribution in [2.75, 3.05) is 6.61 Å². The second-order valence-corrected chi connectivity index (χ2v) is 4.57. The molecule has 0 bridgehead atoms. The monoisotopic (exact) mass is 234 g/mol. The molecule has 1 rings (SSSR count). The van der Waals surface area contributed by atoms with Gasteiger partial charge in [-0.2, -0.15) is 0 Å². The Kier molecular flexibility index (Phi) is 7.22. The molecule has 0 N–H and O–H groups in total. The van der Waals surface area contributed by atoms with Gasteiger partial charge in [-0.3, -0.25) is 4.79 Å². The molecule has 1 unspecified atom stereocenters. The molecule has 0 amide bonds. The van der Waals surface area contributed by atoms with Crippen LogP contribution in [0, 0.1) is 17.8 Å². The van der Waals surface area contributed by atoms with Crippen molar-refractivity contribution >= 4 is 5.97 Å². The maximum Gasteiger partial charge on any atom is 0.309 e. The molecule has 2 heteroatoms. The van der Waals surface area contributed by atoms with Gasteiger partial charge in [-0.1, -0.05) is 19.1 Å². The summed E-state index contributed by atoms with van der Waals surface area (Å²) in [7, 11) is 0. The minimum atomic E-state index is -0.112. The summed E-state index contributed by atoms with van der Waals surface area (Å²) in [5, 5.41) is 0. The average Bonchev–Trinajstić information content (AvgIpc) is 2.31. The Morgan fingerprint density at radius 3 is 2.94 bits per heavy atom. The number of hydrogen-bond donors (Lipinski definition) is 0. The van der Waals surface area contributed by atoms with E-state index in [1.54, 1.807) is 0 Å². The first kappa shape index (κ1) is 13.8. The molecule has 1 aliphatic heterocycles. The molecule has 1 heterocycles. The number of carbonyl (C=O) groups excluding carboxylic acids is 1. The van der Waals surface area contributed by atoms with Crippen molar-refractivity contribution in [2.45, 2.75) is 51.9 Å². The lowest BCUT2D eigenvalue weighted by atomic mass is 10.0. The molecular weight excluding hydrogens is 212 g/mol. The van der Waals surface area contributed by atoms with Gasteiger partial charge in [0.25, 0.3) is 0 Å². The fraction of sp³-hybridized carbons (Fsp3) is 0.667. The molecule has 17 heavy (non-hydrogen) atoms. The van der Waals surface area contributed by atoms with Crippen molar-refractivity contribution < 1.29 is 9.53 Å². The topological polar surface area (TPSA) is 26.3 Å². The summed E-state index contributed by atoms with van der Waals surface area (Å²) >= 11 is 0. The lowest BCUT2D eigenvalue weighted by molar-refractivity contribution is -0.142. The molecule has 0 aromatic carbocycles. The quantitative estimate of drug-likeness (QED) is 0.364. The smallest absolute Gasteiger partial charge is 0.309 e. The maximum atomic E-state index is 11.3. The number of cyclic esters (lactones) is 1. The van der Waals surface area contributed by atoms with Crippen LogP contribution in [0.3, 0.4) is 0 Å². The van der Waals surface area contributed by atoms with Gasteiger partial charge in [-0.05, 0) is 31.6 Å². The number of hydrogen-bond acceptors (Lipinski definition) is 2. The predicted molar refractivity (Wildman–Crippen MR) is 69.4 cm³/mol. The Labute approximate surface area is 104 Å². The highest BCUT2D eigenvalue weighted by Gasteiger charge is 2.04. The first-order valence-corrected chi connectivity index (χ1v) is 6.55. The molecule has 0 spiro atoms. The van der Waals surface area contributed by atoms with E-state index in [4.69, 9.17) is 4.74 Å². The van der Waals surface area contributed by atoms with Crippen LogP contribution in [0.4, 0.5) is 0 Å². The van der Waals surface area contributed by atoms with Crippen molar-refractivity contribution in [3.05, 3.63) is 12.2 Å². The Bertz CT molecular complexity index is 307. The lowest BCUT2D eigenvalue weighted by Crippen LogP contribution is -2.07. The molecule has 0 saturated carbocycles. The molecule has 1 atom stereocenters. The van der Waals surface area contributed by atoms with Crippen LogP contribution >= 0.6 is 0 Å². The zero-order valence-corrected chi connectivity index (χ0v) is 10.7. The van der Waals surface area contributed by atoms with E-state index in [1.165, 1.54) is 0 Å². The summed E-state index contributed by atoms with van der Waals surface area (Å²) in [6.07, 6.45) is 10.4. The van der Waals surface area contributed by atoms with E-state index in [9.17, 15) is 4.79 Å². The Balaban J connectivity index is 2.39. The van der Waals surface area contributed by atoms with Gasteiger partial charge in [0.1, 0.15) is 0 Å². The second-order valence-electron chi connectivity index (χ2n) is 4.57. The minimum Gasteiger partial charge on any atom is -0.465 e. The van der Waals surface area contributed by atoms with Gasteiger partial charge in [0.05, 0.1) is 13.0 Å². The standard InChI is InChI=1S/C15H22O2/c1-14-10-8-6-4-2-3-5-7-9-11-15(16)17-13-12-14/h7,9,14H,2-3,5,8,10-13H2,1H3/b9-7+. The first-order valence-electron chi connectivity index (χ1n) is 6.55. The molecule has 0 radical (unpaired) electrons. The van der Waals surface area contributed by atoms with Crippen LogP contribution in [0.25, 0.3) is 0 Å². The largest absolute Gasteiger partial charge is 0.465 e. The predicted octanol–water partition coefficient (Wildman–Crippen LogP) is 3.47. The van der Waals surface area contributed by atoms with E-state index in [-0.39, 0.29) is 5.97 Å². The first-order chi connectivity index (χ1) is 8.29. The zero-order chi connectivity index (χ0) is 12.3. The molecule has 2 nitrogen and oxygen atoms in total. The SMILES string of the molecule is CC1CCC#CCCC/C=C/CC(=O)OCC1. The van der Waals surface area contributed by atoms with Gasteiger partial charge in [-0.25, -0.2) is 0 Å². The van der Waals surface area contributed by atoms with Crippen LogP contribution in [0.5, 0.6) is 0 Å². The summed E-state index contributed by atoms with van der Waals surface area (Å²) in [6.45, 7) is 2.73. The van der Waals surface area contributed by atoms with Crippen molar-refractivity contribution in [1.29, 1.82) is 0 Å². The maximum absolute atomic E-state index is 11.3. The van der Waals surface area contributed by atoms with Crippen LogP contribution < -0.4 is 0 Å². The van der Waals surface area contributed by atoms with Crippen molar-refractivity contribution in [2.24, 2.45) is 5.92 Å². The van der Waals surface area contributed by atoms with Crippen molar-refractivity contribution in [1.82, 2.24) is 0 Å². The third kappa shape index (κ3) is 7.63. The fourth-order valence-corrected chi connectivity index (χ4v) is 1.68. The van der Waals surface area contributed by atoms with Crippen LogP contribution in [-0.4, -0.2) is 12.6 Å². The van der Waals surface area contributed by atoms with E-state index in [0.717, 1.165) is 38.5 Å². The summed E-state index contributed by atoms with van der Waals surface area (Å²) in [5.74, 6) is 6.88. The van der Waals surface area contributed by atoms with Gasteiger partial charge in [0.2, 0.25) is 0 Å². The lowest BCUT2D eigenvalue weighted by Gasteiger charge is -2.09. The number of allylic oxidation sites excluding steroid dienone is 1. The second kappa shape index (κ2) is 8.87. The molecule has 0 aliphatic carbocycles. The normalized spacial score (nSPS) is 25.7. The van der Waals surface area contributed by atoms with E-state index in [2.05, 4.69) is 18.8 Å². The molecule has 0 saturated heterocycles. The Morgan fingerprint density at radius 2 is 2.06 bits per heavy atom. The van der Waals surface area contributed by atoms with Gasteiger partial charge in [0.15, 0.2) is 0 Å². The van der Waals surface area contributed by atoms with Gasteiger partial charge < -0.3 is 4.74 Å². The molecular formula is C15H22O2. The van der Waals surface area contributed by atoms with Crippen molar-refractivity contribution in [3.8, 4) is 11.8 Å². The van der Waals surface area contributed by atoms with E-state index >= 15 is 0 Å². The molecule has 0 fully saturated rings. The summed E-state index contributed by atoms with van der Waals surface area (Å²) in [5.41, 5.74) is 0. The highest BCUT2D eigenvalue weighted by molar-refractivity contribution is 5.71. The number of carbonyl (C=O) groups is 1. The molecule has 0 aromatic rings. The van der Waals surface area contributed by atoms with E-state index in [1.807, 2.05) is 12.2 Å². The number of rotatable bonds is 0. The third-order valence-corrected chi connectivity index (χ3v) is 2.88. The summed E-state index contributed by atoms with van der Waals surface area (Å²) in [4.78, 5) is 11.3. The van der Waals surface area contributed by atoms with Crippen LogP contribution in [0.1, 0.15) is 51.9 Å². The Hall–Kier alpha value is -1.23. The average molecular weight is 234 g/mol. The van der Waals surface area contributed by atoms with Crippen LogP contribution in [0.15, 0.2) is 12.2 Å². The van der Waals surface area contributed by atoms with E-state index in [0.29, 0.717) is 18.9 Å². The Morgan fingerprint density at radius 1 is 1.24 bits per heavy atom. The van der Waals surface area contributed by atoms with E-state index < -0.39 is 0 Å². The highest BCUT2D eigenvalue weighted by atomic mass is 16.5. The molecule has 0 aromatic heterocycles. The van der Waals surface area contributed by atoms with Gasteiger partial charge in [-0.15, -0.1) is 11.8 Å². The summed E-state index contributed by atoms with van der Waals surface area (Å²) < 4.78 is 5.16. The van der Waals surface area contributed by atoms with Crippen LogP contribution in [0.2, 0.25) is 0 Å². The molecule has 1 aliphatic rings. The number of esters is 1. The van der Waals surface area contributed by atoms with Gasteiger partial charge in [0, 0.05) is 12.8 Å².